The van der Waals surface area contributed by atoms with Crippen molar-refractivity contribution in [3.63, 3.8) is 0 Å². The molecule has 0 unspecified atom stereocenters. The molecule has 0 amide bonds. The summed E-state index contributed by atoms with van der Waals surface area (Å²) in [5.74, 6) is 0. The van der Waals surface area contributed by atoms with Gasteiger partial charge in [0.05, 0.1) is 16.7 Å². The Kier molecular flexibility index (Phi) is 3.83. The lowest BCUT2D eigenvalue weighted by Crippen LogP contribution is -2.11. The number of alkyl halides is 3. The molecule has 9 heteroatoms. The van der Waals surface area contributed by atoms with E-state index in [1.807, 2.05) is 0 Å². The Morgan fingerprint density at radius 1 is 1.43 bits per heavy atom. The van der Waals surface area contributed by atoms with E-state index in [1.54, 1.807) is 13.2 Å². The molecule has 1 aromatic carbocycles. The third kappa shape index (κ3) is 3.50. The standard InChI is InChI=1S/C12H11F3N4O2/c1-18-7-8(6-17-18)5-16-11-3-2-9(19(20)21)4-10(11)12(13,14)15/h2-4,6-7,16H,5H2,1H3. The number of nitro groups is 1. The minimum absolute atomic E-state index is 0.134. The van der Waals surface area contributed by atoms with Gasteiger partial charge in [0.1, 0.15) is 0 Å². The first kappa shape index (κ1) is 14.8. The normalized spacial score (nSPS) is 11.4. The van der Waals surface area contributed by atoms with E-state index >= 15 is 0 Å². The molecule has 2 rings (SSSR count). The molecule has 0 saturated heterocycles. The van der Waals surface area contributed by atoms with Crippen LogP contribution in [0.5, 0.6) is 0 Å². The number of hydrogen-bond acceptors (Lipinski definition) is 4. The molecule has 0 aliphatic carbocycles. The molecule has 0 atom stereocenters. The van der Waals surface area contributed by atoms with Crippen LogP contribution in [0.4, 0.5) is 24.5 Å². The Morgan fingerprint density at radius 3 is 2.67 bits per heavy atom. The molecule has 0 spiro atoms. The minimum atomic E-state index is -4.68. The van der Waals surface area contributed by atoms with E-state index in [9.17, 15) is 23.3 Å². The Morgan fingerprint density at radius 2 is 2.14 bits per heavy atom. The molecule has 0 aliphatic heterocycles. The number of aryl methyl sites for hydroxylation is 1. The van der Waals surface area contributed by atoms with Crippen molar-refractivity contribution in [1.82, 2.24) is 9.78 Å². The summed E-state index contributed by atoms with van der Waals surface area (Å²) >= 11 is 0. The van der Waals surface area contributed by atoms with Crippen LogP contribution in [0.25, 0.3) is 0 Å². The van der Waals surface area contributed by atoms with Crippen LogP contribution < -0.4 is 5.32 Å². The van der Waals surface area contributed by atoms with Crippen LogP contribution in [-0.2, 0) is 19.8 Å². The van der Waals surface area contributed by atoms with E-state index in [0.29, 0.717) is 11.6 Å². The molecule has 6 nitrogen and oxygen atoms in total. The molecule has 1 N–H and O–H groups in total. The lowest BCUT2D eigenvalue weighted by atomic mass is 10.1. The van der Waals surface area contributed by atoms with Crippen molar-refractivity contribution in [1.29, 1.82) is 0 Å². The Balaban J connectivity index is 2.27. The van der Waals surface area contributed by atoms with Gasteiger partial charge in [0.2, 0.25) is 0 Å². The van der Waals surface area contributed by atoms with E-state index < -0.39 is 22.4 Å². The number of rotatable bonds is 4. The van der Waals surface area contributed by atoms with Gasteiger partial charge < -0.3 is 5.32 Å². The van der Waals surface area contributed by atoms with Gasteiger partial charge in [0.15, 0.2) is 0 Å². The number of nitro benzene ring substituents is 1. The Labute approximate surface area is 117 Å². The lowest BCUT2D eigenvalue weighted by Gasteiger charge is -2.13. The number of nitrogens with zero attached hydrogens (tertiary/aromatic N) is 3. The zero-order chi connectivity index (χ0) is 15.6. The Bertz CT molecular complexity index is 667. The number of anilines is 1. The molecule has 0 aliphatic rings. The maximum absolute atomic E-state index is 12.9. The number of non-ortho nitro benzene ring substituents is 1. The average Bonchev–Trinajstić information content (AvgIpc) is 2.81. The topological polar surface area (TPSA) is 73.0 Å². The number of nitrogens with one attached hydrogen (secondary N) is 1. The third-order valence-electron chi connectivity index (χ3n) is 2.76. The van der Waals surface area contributed by atoms with Crippen molar-refractivity contribution in [2.45, 2.75) is 12.7 Å². The van der Waals surface area contributed by atoms with Gasteiger partial charge in [-0.15, -0.1) is 0 Å². The zero-order valence-corrected chi connectivity index (χ0v) is 10.9. The fourth-order valence-electron chi connectivity index (χ4n) is 1.79. The number of hydrogen-bond donors (Lipinski definition) is 1. The molecule has 112 valence electrons. The summed E-state index contributed by atoms with van der Waals surface area (Å²) in [5, 5.41) is 17.1. The lowest BCUT2D eigenvalue weighted by molar-refractivity contribution is -0.385. The maximum atomic E-state index is 12.9. The van der Waals surface area contributed by atoms with Gasteiger partial charge in [0, 0.05) is 43.2 Å². The molecular formula is C12H11F3N4O2. The smallest absolute Gasteiger partial charge is 0.380 e. The first-order valence-electron chi connectivity index (χ1n) is 5.84. The van der Waals surface area contributed by atoms with Crippen molar-refractivity contribution < 1.29 is 18.1 Å². The van der Waals surface area contributed by atoms with Gasteiger partial charge in [-0.25, -0.2) is 0 Å². The van der Waals surface area contributed by atoms with Gasteiger partial charge in [-0.3, -0.25) is 14.8 Å². The number of halogens is 3. The first-order valence-corrected chi connectivity index (χ1v) is 5.84. The van der Waals surface area contributed by atoms with Gasteiger partial charge in [-0.1, -0.05) is 0 Å². The van der Waals surface area contributed by atoms with E-state index in [4.69, 9.17) is 0 Å². The van der Waals surface area contributed by atoms with Crippen molar-refractivity contribution in [2.24, 2.45) is 7.05 Å². The summed E-state index contributed by atoms with van der Waals surface area (Å²) in [6, 6.07) is 2.60. The predicted octanol–water partition coefficient (Wildman–Crippen LogP) is 2.96. The van der Waals surface area contributed by atoms with Crippen LogP contribution in [0.3, 0.4) is 0 Å². The zero-order valence-electron chi connectivity index (χ0n) is 10.9. The predicted molar refractivity (Wildman–Crippen MR) is 68.6 cm³/mol. The largest absolute Gasteiger partial charge is 0.418 e. The monoisotopic (exact) mass is 300 g/mol. The van der Waals surface area contributed by atoms with Crippen molar-refractivity contribution in [2.75, 3.05) is 5.32 Å². The molecule has 21 heavy (non-hydrogen) atoms. The third-order valence-corrected chi connectivity index (χ3v) is 2.76. The van der Waals surface area contributed by atoms with Gasteiger partial charge >= 0.3 is 6.18 Å². The highest BCUT2D eigenvalue weighted by molar-refractivity contribution is 5.57. The SMILES string of the molecule is Cn1cc(CNc2ccc([N+](=O)[O-])cc2C(F)(F)F)cn1. The Hall–Kier alpha value is -2.58. The second kappa shape index (κ2) is 5.43. The van der Waals surface area contributed by atoms with Crippen molar-refractivity contribution in [3.8, 4) is 0 Å². The van der Waals surface area contributed by atoms with Crippen LogP contribution in [-0.4, -0.2) is 14.7 Å². The highest BCUT2D eigenvalue weighted by Crippen LogP contribution is 2.37. The fourth-order valence-corrected chi connectivity index (χ4v) is 1.79. The van der Waals surface area contributed by atoms with Gasteiger partial charge in [-0.2, -0.15) is 18.3 Å². The van der Waals surface area contributed by atoms with E-state index in [1.165, 1.54) is 10.9 Å². The van der Waals surface area contributed by atoms with Crippen LogP contribution in [0.2, 0.25) is 0 Å². The molecule has 2 aromatic rings. The van der Waals surface area contributed by atoms with E-state index in [0.717, 1.165) is 12.1 Å². The van der Waals surface area contributed by atoms with Crippen molar-refractivity contribution >= 4 is 11.4 Å². The van der Waals surface area contributed by atoms with Crippen molar-refractivity contribution in [3.05, 3.63) is 51.8 Å². The second-order valence-electron chi connectivity index (χ2n) is 4.36. The molecule has 0 bridgehead atoms. The number of aromatic nitrogens is 2. The molecule has 0 fully saturated rings. The molecule has 1 heterocycles. The summed E-state index contributed by atoms with van der Waals surface area (Å²) in [5.41, 5.74) is -1.18. The molecular weight excluding hydrogens is 289 g/mol. The van der Waals surface area contributed by atoms with Crippen LogP contribution >= 0.6 is 0 Å². The minimum Gasteiger partial charge on any atom is -0.380 e. The highest BCUT2D eigenvalue weighted by Gasteiger charge is 2.35. The molecule has 0 saturated carbocycles. The molecule has 1 aromatic heterocycles. The average molecular weight is 300 g/mol. The summed E-state index contributed by atoms with van der Waals surface area (Å²) in [6.07, 6.45) is -1.50. The van der Waals surface area contributed by atoms with Gasteiger partial charge in [0.25, 0.3) is 5.69 Å². The quantitative estimate of drug-likeness (QED) is 0.696. The van der Waals surface area contributed by atoms with E-state index in [2.05, 4.69) is 10.4 Å². The van der Waals surface area contributed by atoms with Crippen LogP contribution in [0.15, 0.2) is 30.6 Å². The highest BCUT2D eigenvalue weighted by atomic mass is 19.4. The van der Waals surface area contributed by atoms with E-state index in [-0.39, 0.29) is 12.2 Å². The number of benzene rings is 1. The van der Waals surface area contributed by atoms with Crippen LogP contribution in [0, 0.1) is 10.1 Å². The maximum Gasteiger partial charge on any atom is 0.418 e. The summed E-state index contributed by atoms with van der Waals surface area (Å²) < 4.78 is 40.4. The van der Waals surface area contributed by atoms with Crippen LogP contribution in [0.1, 0.15) is 11.1 Å². The fraction of sp³-hybridized carbons (Fsp3) is 0.250. The summed E-state index contributed by atoms with van der Waals surface area (Å²) in [7, 11) is 1.69. The summed E-state index contributed by atoms with van der Waals surface area (Å²) in [6.45, 7) is 0.134. The molecule has 0 radical (unpaired) electrons. The summed E-state index contributed by atoms with van der Waals surface area (Å²) in [4.78, 5) is 9.72. The first-order chi connectivity index (χ1) is 9.77. The second-order valence-corrected chi connectivity index (χ2v) is 4.36. The van der Waals surface area contributed by atoms with Gasteiger partial charge in [-0.05, 0) is 6.07 Å².